The van der Waals surface area contributed by atoms with Crippen molar-refractivity contribution in [1.82, 2.24) is 9.29 Å². The summed E-state index contributed by atoms with van der Waals surface area (Å²) in [6.45, 7) is 0.732. The molecule has 1 aliphatic heterocycles. The second-order valence-electron chi connectivity index (χ2n) is 8.22. The van der Waals surface area contributed by atoms with E-state index in [2.05, 4.69) is 4.98 Å². The highest BCUT2D eigenvalue weighted by molar-refractivity contribution is 7.89. The lowest BCUT2D eigenvalue weighted by Crippen LogP contribution is -2.44. The second kappa shape index (κ2) is 9.91. The molecule has 0 spiro atoms. The van der Waals surface area contributed by atoms with Crippen molar-refractivity contribution in [3.8, 4) is 0 Å². The highest BCUT2D eigenvalue weighted by Gasteiger charge is 2.35. The number of para-hydroxylation sites is 1. The Bertz CT molecular complexity index is 1450. The van der Waals surface area contributed by atoms with Gasteiger partial charge in [0.05, 0.1) is 27.4 Å². The summed E-state index contributed by atoms with van der Waals surface area (Å²) < 4.78 is 33.9. The molecule has 2 aromatic heterocycles. The average molecular weight is 550 g/mol. The van der Waals surface area contributed by atoms with Gasteiger partial charge in [-0.25, -0.2) is 13.4 Å². The van der Waals surface area contributed by atoms with Gasteiger partial charge in [0.25, 0.3) is 0 Å². The van der Waals surface area contributed by atoms with E-state index < -0.39 is 10.0 Å². The second-order valence-corrected chi connectivity index (χ2v) is 12.0. The molecule has 0 saturated carbocycles. The summed E-state index contributed by atoms with van der Waals surface area (Å²) in [4.78, 5) is 20.1. The Morgan fingerprint density at radius 1 is 1.09 bits per heavy atom. The van der Waals surface area contributed by atoms with E-state index in [9.17, 15) is 13.2 Å². The first kappa shape index (κ1) is 24.3. The van der Waals surface area contributed by atoms with Crippen LogP contribution in [0.3, 0.4) is 0 Å². The van der Waals surface area contributed by atoms with Gasteiger partial charge in [-0.2, -0.15) is 4.31 Å². The molecule has 0 bridgehead atoms. The fourth-order valence-corrected chi connectivity index (χ4v) is 7.00. The van der Waals surface area contributed by atoms with Crippen molar-refractivity contribution in [3.05, 3.63) is 76.7 Å². The molecular formula is C24H21Cl2N3O4S2. The lowest BCUT2D eigenvalue weighted by atomic mass is 9.96. The Kier molecular flexibility index (Phi) is 6.87. The van der Waals surface area contributed by atoms with Gasteiger partial charge in [-0.05, 0) is 61.4 Å². The maximum Gasteiger partial charge on any atom is 0.243 e. The van der Waals surface area contributed by atoms with Gasteiger partial charge < -0.3 is 4.42 Å². The van der Waals surface area contributed by atoms with Crippen LogP contribution in [0, 0.1) is 5.92 Å². The van der Waals surface area contributed by atoms with Crippen LogP contribution in [0.4, 0.5) is 5.13 Å². The quantitative estimate of drug-likeness (QED) is 0.302. The number of fused-ring (bicyclic) bond motifs is 1. The molecular weight excluding hydrogens is 529 g/mol. The van der Waals surface area contributed by atoms with Crippen molar-refractivity contribution in [2.45, 2.75) is 24.3 Å². The standard InChI is InChI=1S/C24H21Cl2N3O4S2/c25-17-6-8-19(9-7-17)35(31,32)28-12-10-16(11-13-28)23(30)29(15-18-3-2-14-33-18)24-27-22-20(26)4-1-5-21(22)34-24/h1-9,14,16H,10-13,15H2. The number of carbonyl (C=O) groups is 1. The van der Waals surface area contributed by atoms with Crippen LogP contribution in [0.5, 0.6) is 0 Å². The molecule has 1 fully saturated rings. The lowest BCUT2D eigenvalue weighted by molar-refractivity contribution is -0.123. The zero-order chi connectivity index (χ0) is 24.6. The highest BCUT2D eigenvalue weighted by Crippen LogP contribution is 2.35. The Labute approximate surface area is 216 Å². The van der Waals surface area contributed by atoms with E-state index >= 15 is 0 Å². The van der Waals surface area contributed by atoms with Gasteiger partial charge in [-0.1, -0.05) is 40.6 Å². The fourth-order valence-electron chi connectivity index (χ4n) is 4.14. The number of benzene rings is 2. The highest BCUT2D eigenvalue weighted by atomic mass is 35.5. The Balaban J connectivity index is 1.36. The van der Waals surface area contributed by atoms with Gasteiger partial charge in [0.1, 0.15) is 11.3 Å². The Morgan fingerprint density at radius 2 is 1.83 bits per heavy atom. The molecule has 3 heterocycles. The van der Waals surface area contributed by atoms with Crippen LogP contribution < -0.4 is 4.90 Å². The van der Waals surface area contributed by atoms with Crippen LogP contribution >= 0.6 is 34.5 Å². The van der Waals surface area contributed by atoms with E-state index in [0.717, 1.165) is 4.70 Å². The molecule has 7 nitrogen and oxygen atoms in total. The first-order chi connectivity index (χ1) is 16.8. The first-order valence-corrected chi connectivity index (χ1v) is 14.0. The van der Waals surface area contributed by atoms with Crippen LogP contribution in [0.2, 0.25) is 10.0 Å². The normalized spacial score (nSPS) is 15.5. The predicted octanol–water partition coefficient (Wildman–Crippen LogP) is 5.83. The number of halogens is 2. The molecule has 182 valence electrons. The third kappa shape index (κ3) is 4.96. The number of rotatable bonds is 6. The third-order valence-corrected chi connectivity index (χ3v) is 9.52. The van der Waals surface area contributed by atoms with Gasteiger partial charge in [-0.3, -0.25) is 9.69 Å². The van der Waals surface area contributed by atoms with E-state index in [-0.39, 0.29) is 36.4 Å². The summed E-state index contributed by atoms with van der Waals surface area (Å²) >= 11 is 13.6. The number of aromatic nitrogens is 1. The molecule has 0 N–H and O–H groups in total. The van der Waals surface area contributed by atoms with E-state index in [1.54, 1.807) is 35.4 Å². The van der Waals surface area contributed by atoms with Gasteiger partial charge in [0.15, 0.2) is 5.13 Å². The minimum Gasteiger partial charge on any atom is -0.467 e. The number of hydrogen-bond acceptors (Lipinski definition) is 6. The van der Waals surface area contributed by atoms with E-state index in [1.165, 1.54) is 27.8 Å². The minimum atomic E-state index is -3.65. The number of hydrogen-bond donors (Lipinski definition) is 0. The lowest BCUT2D eigenvalue weighted by Gasteiger charge is -2.32. The van der Waals surface area contributed by atoms with E-state index in [0.29, 0.717) is 39.3 Å². The molecule has 0 atom stereocenters. The van der Waals surface area contributed by atoms with E-state index in [4.69, 9.17) is 27.6 Å². The molecule has 2 aromatic carbocycles. The van der Waals surface area contributed by atoms with Crippen molar-refractivity contribution in [2.75, 3.05) is 18.0 Å². The van der Waals surface area contributed by atoms with Crippen molar-refractivity contribution in [3.63, 3.8) is 0 Å². The summed E-state index contributed by atoms with van der Waals surface area (Å²) in [5.41, 5.74) is 0.648. The van der Waals surface area contributed by atoms with Gasteiger partial charge in [0, 0.05) is 24.0 Å². The molecule has 1 amide bonds. The van der Waals surface area contributed by atoms with Crippen LogP contribution in [-0.2, 0) is 21.4 Å². The molecule has 4 aromatic rings. The summed E-state index contributed by atoms with van der Waals surface area (Å²) in [6.07, 6.45) is 2.38. The number of carbonyl (C=O) groups excluding carboxylic acids is 1. The number of furan rings is 1. The zero-order valence-corrected chi connectivity index (χ0v) is 21.6. The van der Waals surface area contributed by atoms with Crippen LogP contribution in [0.25, 0.3) is 10.2 Å². The largest absolute Gasteiger partial charge is 0.467 e. The number of nitrogens with zero attached hydrogens (tertiary/aromatic N) is 3. The van der Waals surface area contributed by atoms with Crippen molar-refractivity contribution in [1.29, 1.82) is 0 Å². The molecule has 1 saturated heterocycles. The van der Waals surface area contributed by atoms with Crippen LogP contribution in [0.15, 0.2) is 70.2 Å². The number of thiazole rings is 1. The summed E-state index contributed by atoms with van der Waals surface area (Å²) in [6, 6.07) is 15.2. The smallest absolute Gasteiger partial charge is 0.243 e. The Morgan fingerprint density at radius 3 is 2.49 bits per heavy atom. The number of anilines is 1. The Hall–Kier alpha value is -2.43. The predicted molar refractivity (Wildman–Crippen MR) is 137 cm³/mol. The molecule has 0 aliphatic carbocycles. The van der Waals surface area contributed by atoms with Gasteiger partial charge in [0.2, 0.25) is 15.9 Å². The van der Waals surface area contributed by atoms with Crippen LogP contribution in [-0.4, -0.2) is 36.7 Å². The van der Waals surface area contributed by atoms with Crippen LogP contribution in [0.1, 0.15) is 18.6 Å². The van der Waals surface area contributed by atoms with Gasteiger partial charge in [-0.15, -0.1) is 0 Å². The number of piperidine rings is 1. The minimum absolute atomic E-state index is 0.111. The molecule has 0 radical (unpaired) electrons. The van der Waals surface area contributed by atoms with Crippen molar-refractivity contribution < 1.29 is 17.6 Å². The summed E-state index contributed by atoms with van der Waals surface area (Å²) in [7, 11) is -3.65. The van der Waals surface area contributed by atoms with Gasteiger partial charge >= 0.3 is 0 Å². The van der Waals surface area contributed by atoms with E-state index in [1.807, 2.05) is 18.2 Å². The molecule has 1 aliphatic rings. The fraction of sp³-hybridized carbons (Fsp3) is 0.250. The SMILES string of the molecule is O=C(C1CCN(S(=O)(=O)c2ccc(Cl)cc2)CC1)N(Cc1ccco1)c1nc2c(Cl)cccc2s1. The van der Waals surface area contributed by atoms with Crippen molar-refractivity contribution >= 4 is 65.8 Å². The summed E-state index contributed by atoms with van der Waals surface area (Å²) in [5, 5.41) is 1.53. The molecule has 5 rings (SSSR count). The topological polar surface area (TPSA) is 83.7 Å². The third-order valence-electron chi connectivity index (χ3n) is 6.00. The summed E-state index contributed by atoms with van der Waals surface area (Å²) in [5.74, 6) is 0.177. The van der Waals surface area contributed by atoms with Crippen molar-refractivity contribution in [2.24, 2.45) is 5.92 Å². The number of amides is 1. The zero-order valence-electron chi connectivity index (χ0n) is 18.4. The molecule has 0 unspecified atom stereocenters. The maximum atomic E-state index is 13.7. The first-order valence-electron chi connectivity index (χ1n) is 11.0. The molecule has 35 heavy (non-hydrogen) atoms. The number of sulfonamides is 1. The maximum absolute atomic E-state index is 13.7. The molecule has 11 heteroatoms. The monoisotopic (exact) mass is 549 g/mol. The average Bonchev–Trinajstić information content (AvgIpc) is 3.53.